The molecule has 0 radical (unpaired) electrons. The maximum Gasteiger partial charge on any atom is 0.0331 e. The van der Waals surface area contributed by atoms with Gasteiger partial charge in [0, 0.05) is 17.5 Å². The molecule has 0 aromatic carbocycles. The lowest BCUT2D eigenvalue weighted by Gasteiger charge is -2.29. The molecule has 1 atom stereocenters. The van der Waals surface area contributed by atoms with Gasteiger partial charge in [-0.05, 0) is 48.1 Å². The summed E-state index contributed by atoms with van der Waals surface area (Å²) in [5.74, 6) is 0. The summed E-state index contributed by atoms with van der Waals surface area (Å²) in [6, 6.07) is 2.93. The van der Waals surface area contributed by atoms with Gasteiger partial charge in [-0.25, -0.2) is 0 Å². The average Bonchev–Trinajstić information content (AvgIpc) is 2.75. The van der Waals surface area contributed by atoms with E-state index >= 15 is 0 Å². The second-order valence-electron chi connectivity index (χ2n) is 5.64. The molecule has 0 bridgehead atoms. The second-order valence-corrected chi connectivity index (χ2v) is 6.64. The number of rotatable bonds is 4. The highest BCUT2D eigenvalue weighted by molar-refractivity contribution is 7.10. The lowest BCUT2D eigenvalue weighted by Crippen LogP contribution is -2.33. The number of thiophene rings is 1. The molecule has 0 aliphatic heterocycles. The second kappa shape index (κ2) is 4.89. The van der Waals surface area contributed by atoms with Crippen molar-refractivity contribution in [1.82, 2.24) is 5.32 Å². The lowest BCUT2D eigenvalue weighted by molar-refractivity contribution is 0.300. The van der Waals surface area contributed by atoms with Gasteiger partial charge in [0.1, 0.15) is 0 Å². The third kappa shape index (κ3) is 2.67. The van der Waals surface area contributed by atoms with Gasteiger partial charge in [-0.3, -0.25) is 0 Å². The summed E-state index contributed by atoms with van der Waals surface area (Å²) in [6.45, 7) is 8.09. The van der Waals surface area contributed by atoms with Gasteiger partial charge in [0.15, 0.2) is 0 Å². The standard InChI is InChI=1S/C14H23NS/c1-4-14(2,3)10-15-12-6-5-7-13-11(12)8-9-16-13/h8-9,12,15H,4-7,10H2,1-3H3. The Morgan fingerprint density at radius 1 is 1.50 bits per heavy atom. The first kappa shape index (κ1) is 12.1. The smallest absolute Gasteiger partial charge is 0.0331 e. The van der Waals surface area contributed by atoms with E-state index in [0.29, 0.717) is 11.5 Å². The van der Waals surface area contributed by atoms with Crippen LogP contribution in [0.3, 0.4) is 0 Å². The quantitative estimate of drug-likeness (QED) is 0.829. The van der Waals surface area contributed by atoms with Crippen LogP contribution in [0.2, 0.25) is 0 Å². The van der Waals surface area contributed by atoms with Crippen LogP contribution in [-0.4, -0.2) is 6.54 Å². The van der Waals surface area contributed by atoms with Crippen molar-refractivity contribution >= 4 is 11.3 Å². The molecule has 0 amide bonds. The Hall–Kier alpha value is -0.340. The van der Waals surface area contributed by atoms with Gasteiger partial charge in [-0.2, -0.15) is 0 Å². The van der Waals surface area contributed by atoms with E-state index in [1.165, 1.54) is 25.7 Å². The van der Waals surface area contributed by atoms with Gasteiger partial charge >= 0.3 is 0 Å². The highest BCUT2D eigenvalue weighted by Gasteiger charge is 2.23. The zero-order valence-electron chi connectivity index (χ0n) is 10.7. The topological polar surface area (TPSA) is 12.0 Å². The summed E-state index contributed by atoms with van der Waals surface area (Å²) in [4.78, 5) is 1.61. The van der Waals surface area contributed by atoms with Crippen LogP contribution >= 0.6 is 11.3 Å². The Morgan fingerprint density at radius 3 is 3.06 bits per heavy atom. The summed E-state index contributed by atoms with van der Waals surface area (Å²) >= 11 is 1.93. The van der Waals surface area contributed by atoms with Crippen molar-refractivity contribution in [3.63, 3.8) is 0 Å². The highest BCUT2D eigenvalue weighted by atomic mass is 32.1. The van der Waals surface area contributed by atoms with Gasteiger partial charge in [0.2, 0.25) is 0 Å². The highest BCUT2D eigenvalue weighted by Crippen LogP contribution is 2.33. The maximum atomic E-state index is 3.76. The first-order valence-corrected chi connectivity index (χ1v) is 7.30. The van der Waals surface area contributed by atoms with Crippen molar-refractivity contribution in [1.29, 1.82) is 0 Å². The Balaban J connectivity index is 1.98. The number of fused-ring (bicyclic) bond motifs is 1. The largest absolute Gasteiger partial charge is 0.309 e. The molecule has 2 heteroatoms. The number of hydrogen-bond acceptors (Lipinski definition) is 2. The summed E-state index contributed by atoms with van der Waals surface area (Å²) in [5, 5.41) is 6.01. The van der Waals surface area contributed by atoms with Crippen molar-refractivity contribution < 1.29 is 0 Å². The molecule has 1 aliphatic rings. The third-order valence-corrected chi connectivity index (χ3v) is 4.83. The van der Waals surface area contributed by atoms with Crippen LogP contribution in [0.1, 0.15) is 56.5 Å². The zero-order chi connectivity index (χ0) is 11.6. The summed E-state index contributed by atoms with van der Waals surface area (Å²) in [6.07, 6.45) is 5.19. The van der Waals surface area contributed by atoms with Crippen molar-refractivity contribution in [3.8, 4) is 0 Å². The number of nitrogens with one attached hydrogen (secondary N) is 1. The van der Waals surface area contributed by atoms with Crippen LogP contribution in [0, 0.1) is 5.41 Å². The van der Waals surface area contributed by atoms with Gasteiger partial charge in [-0.15, -0.1) is 11.3 Å². The van der Waals surface area contributed by atoms with Crippen molar-refractivity contribution in [2.75, 3.05) is 6.54 Å². The van der Waals surface area contributed by atoms with Crippen molar-refractivity contribution in [2.45, 2.75) is 52.5 Å². The predicted molar refractivity (Wildman–Crippen MR) is 72.1 cm³/mol. The van der Waals surface area contributed by atoms with E-state index in [2.05, 4.69) is 37.5 Å². The number of aryl methyl sites for hydroxylation is 1. The summed E-state index contributed by atoms with van der Waals surface area (Å²) in [7, 11) is 0. The van der Waals surface area contributed by atoms with Crippen molar-refractivity contribution in [3.05, 3.63) is 21.9 Å². The van der Waals surface area contributed by atoms with E-state index in [9.17, 15) is 0 Å². The first-order chi connectivity index (χ1) is 7.62. The molecular formula is C14H23NS. The van der Waals surface area contributed by atoms with Crippen LogP contribution in [0.25, 0.3) is 0 Å². The van der Waals surface area contributed by atoms with E-state index in [0.717, 1.165) is 6.54 Å². The normalized spacial score (nSPS) is 20.8. The van der Waals surface area contributed by atoms with Gasteiger partial charge in [0.25, 0.3) is 0 Å². The number of hydrogen-bond donors (Lipinski definition) is 1. The molecule has 1 nitrogen and oxygen atoms in total. The van der Waals surface area contributed by atoms with Crippen LogP contribution in [-0.2, 0) is 6.42 Å². The minimum absolute atomic E-state index is 0.424. The molecule has 90 valence electrons. The SMILES string of the molecule is CCC(C)(C)CNC1CCCc2sccc21. The van der Waals surface area contributed by atoms with E-state index in [1.54, 1.807) is 10.4 Å². The molecule has 1 aromatic rings. The van der Waals surface area contributed by atoms with Crippen LogP contribution < -0.4 is 5.32 Å². The monoisotopic (exact) mass is 237 g/mol. The molecule has 1 unspecified atom stereocenters. The minimum Gasteiger partial charge on any atom is -0.309 e. The fourth-order valence-electron chi connectivity index (χ4n) is 2.22. The molecule has 0 saturated carbocycles. The van der Waals surface area contributed by atoms with E-state index < -0.39 is 0 Å². The van der Waals surface area contributed by atoms with E-state index in [4.69, 9.17) is 0 Å². The van der Waals surface area contributed by atoms with Gasteiger partial charge in [-0.1, -0.05) is 20.8 Å². The molecule has 1 heterocycles. The minimum atomic E-state index is 0.424. The maximum absolute atomic E-state index is 3.76. The summed E-state index contributed by atoms with van der Waals surface area (Å²) in [5.41, 5.74) is 2.00. The molecule has 1 aromatic heterocycles. The average molecular weight is 237 g/mol. The predicted octanol–water partition coefficient (Wildman–Crippen LogP) is 4.15. The molecule has 16 heavy (non-hydrogen) atoms. The third-order valence-electron chi connectivity index (χ3n) is 3.84. The van der Waals surface area contributed by atoms with Crippen LogP contribution in [0.15, 0.2) is 11.4 Å². The molecule has 0 spiro atoms. The van der Waals surface area contributed by atoms with E-state index in [1.807, 2.05) is 11.3 Å². The zero-order valence-corrected chi connectivity index (χ0v) is 11.5. The fourth-order valence-corrected chi connectivity index (χ4v) is 3.21. The Labute approximate surface area is 103 Å². The summed E-state index contributed by atoms with van der Waals surface area (Å²) < 4.78 is 0. The lowest BCUT2D eigenvalue weighted by atomic mass is 9.88. The van der Waals surface area contributed by atoms with Gasteiger partial charge in [0.05, 0.1) is 0 Å². The first-order valence-electron chi connectivity index (χ1n) is 6.42. The molecule has 1 aliphatic carbocycles. The Kier molecular flexibility index (Phi) is 3.70. The van der Waals surface area contributed by atoms with E-state index in [-0.39, 0.29) is 0 Å². The molecule has 2 rings (SSSR count). The molecule has 1 N–H and O–H groups in total. The van der Waals surface area contributed by atoms with Gasteiger partial charge < -0.3 is 5.32 Å². The fraction of sp³-hybridized carbons (Fsp3) is 0.714. The Morgan fingerprint density at radius 2 is 2.31 bits per heavy atom. The molecule has 0 fully saturated rings. The Bertz CT molecular complexity index is 340. The molecule has 0 saturated heterocycles. The van der Waals surface area contributed by atoms with Crippen molar-refractivity contribution in [2.24, 2.45) is 5.41 Å². The van der Waals surface area contributed by atoms with Crippen LogP contribution in [0.4, 0.5) is 0 Å². The van der Waals surface area contributed by atoms with Crippen LogP contribution in [0.5, 0.6) is 0 Å². The molecular weight excluding hydrogens is 214 g/mol.